The van der Waals surface area contributed by atoms with Crippen molar-refractivity contribution >= 4 is 5.69 Å². The third-order valence-electron chi connectivity index (χ3n) is 2.92. The molecule has 16 heavy (non-hydrogen) atoms. The largest absolute Gasteiger partial charge is 0.372 e. The molecule has 0 unspecified atom stereocenters. The molecule has 0 aliphatic carbocycles. The van der Waals surface area contributed by atoms with E-state index in [0.29, 0.717) is 13.2 Å². The Balaban J connectivity index is 2.09. The highest BCUT2D eigenvalue weighted by atomic mass is 16.7. The van der Waals surface area contributed by atoms with Gasteiger partial charge in [0.25, 0.3) is 0 Å². The maximum absolute atomic E-state index is 5.46. The van der Waals surface area contributed by atoms with Crippen molar-refractivity contribution in [2.24, 2.45) is 0 Å². The molecule has 3 nitrogen and oxygen atoms in total. The summed E-state index contributed by atoms with van der Waals surface area (Å²) in [6, 6.07) is 8.44. The summed E-state index contributed by atoms with van der Waals surface area (Å²) in [4.78, 5) is 2.32. The third-order valence-corrected chi connectivity index (χ3v) is 2.92. The highest BCUT2D eigenvalue weighted by Crippen LogP contribution is 2.25. The summed E-state index contributed by atoms with van der Waals surface area (Å²) in [5.74, 6) is 0. The predicted molar refractivity (Wildman–Crippen MR) is 64.6 cm³/mol. The molecule has 0 radical (unpaired) electrons. The molecule has 0 atom stereocenters. The minimum absolute atomic E-state index is 0.161. The molecule has 1 heterocycles. The van der Waals surface area contributed by atoms with E-state index in [4.69, 9.17) is 9.47 Å². The van der Waals surface area contributed by atoms with Gasteiger partial charge in [0.05, 0.1) is 13.2 Å². The van der Waals surface area contributed by atoms with E-state index in [-0.39, 0.29) is 6.29 Å². The van der Waals surface area contributed by atoms with Gasteiger partial charge in [-0.15, -0.1) is 0 Å². The fourth-order valence-electron chi connectivity index (χ4n) is 1.98. The van der Waals surface area contributed by atoms with Crippen molar-refractivity contribution in [3.05, 3.63) is 29.8 Å². The number of rotatable bonds is 4. The van der Waals surface area contributed by atoms with Gasteiger partial charge in [-0.3, -0.25) is 0 Å². The van der Waals surface area contributed by atoms with E-state index in [1.807, 2.05) is 0 Å². The average molecular weight is 221 g/mol. The van der Waals surface area contributed by atoms with Gasteiger partial charge in [-0.25, -0.2) is 0 Å². The zero-order valence-corrected chi connectivity index (χ0v) is 9.98. The lowest BCUT2D eigenvalue weighted by atomic mass is 10.2. The summed E-state index contributed by atoms with van der Waals surface area (Å²) in [5.41, 5.74) is 2.36. The van der Waals surface area contributed by atoms with Crippen LogP contribution in [0.3, 0.4) is 0 Å². The molecule has 1 aromatic rings. The van der Waals surface area contributed by atoms with Crippen LogP contribution in [0.25, 0.3) is 0 Å². The summed E-state index contributed by atoms with van der Waals surface area (Å²) >= 11 is 0. The first-order chi connectivity index (χ1) is 7.85. The maximum Gasteiger partial charge on any atom is 0.184 e. The van der Waals surface area contributed by atoms with Crippen LogP contribution in [0, 0.1) is 0 Å². The van der Waals surface area contributed by atoms with Crippen LogP contribution in [0.15, 0.2) is 24.3 Å². The highest BCUT2D eigenvalue weighted by molar-refractivity contribution is 5.47. The van der Waals surface area contributed by atoms with Crippen molar-refractivity contribution in [1.29, 1.82) is 0 Å². The van der Waals surface area contributed by atoms with Gasteiger partial charge in [0, 0.05) is 24.3 Å². The lowest BCUT2D eigenvalue weighted by Crippen LogP contribution is -2.21. The molecule has 0 bridgehead atoms. The van der Waals surface area contributed by atoms with Crippen molar-refractivity contribution in [2.45, 2.75) is 20.1 Å². The molecule has 1 aromatic carbocycles. The Morgan fingerprint density at radius 2 is 1.62 bits per heavy atom. The van der Waals surface area contributed by atoms with E-state index in [1.165, 1.54) is 5.69 Å². The molecule has 0 spiro atoms. The Bertz CT molecular complexity index is 292. The second-order valence-electron chi connectivity index (χ2n) is 3.84. The van der Waals surface area contributed by atoms with Crippen LogP contribution in [-0.4, -0.2) is 26.3 Å². The van der Waals surface area contributed by atoms with Crippen molar-refractivity contribution in [1.82, 2.24) is 0 Å². The average Bonchev–Trinajstić information content (AvgIpc) is 2.85. The fraction of sp³-hybridized carbons (Fsp3) is 0.538. The molecular weight excluding hydrogens is 202 g/mol. The number of hydrogen-bond donors (Lipinski definition) is 0. The second-order valence-corrected chi connectivity index (χ2v) is 3.84. The van der Waals surface area contributed by atoms with E-state index < -0.39 is 0 Å². The van der Waals surface area contributed by atoms with Crippen molar-refractivity contribution in [2.75, 3.05) is 31.2 Å². The molecule has 0 N–H and O–H groups in total. The normalized spacial score (nSPS) is 16.6. The number of anilines is 1. The van der Waals surface area contributed by atoms with Crippen molar-refractivity contribution in [3.8, 4) is 0 Å². The molecule has 1 fully saturated rings. The highest BCUT2D eigenvalue weighted by Gasteiger charge is 2.17. The smallest absolute Gasteiger partial charge is 0.184 e. The molecule has 0 saturated carbocycles. The lowest BCUT2D eigenvalue weighted by Gasteiger charge is -2.21. The van der Waals surface area contributed by atoms with Crippen LogP contribution in [0.1, 0.15) is 25.7 Å². The quantitative estimate of drug-likeness (QED) is 0.780. The Morgan fingerprint density at radius 3 is 2.12 bits per heavy atom. The maximum atomic E-state index is 5.46. The minimum Gasteiger partial charge on any atom is -0.372 e. The van der Waals surface area contributed by atoms with Crippen LogP contribution < -0.4 is 4.90 Å². The van der Waals surface area contributed by atoms with Crippen LogP contribution in [0.2, 0.25) is 0 Å². The van der Waals surface area contributed by atoms with Gasteiger partial charge in [-0.05, 0) is 26.0 Å². The third kappa shape index (κ3) is 2.36. The van der Waals surface area contributed by atoms with Crippen LogP contribution >= 0.6 is 0 Å². The predicted octanol–water partition coefficient (Wildman–Crippen LogP) is 2.58. The summed E-state index contributed by atoms with van der Waals surface area (Å²) in [7, 11) is 0. The zero-order chi connectivity index (χ0) is 11.4. The minimum atomic E-state index is -0.161. The zero-order valence-electron chi connectivity index (χ0n) is 9.98. The molecule has 1 saturated heterocycles. The topological polar surface area (TPSA) is 21.7 Å². The summed E-state index contributed by atoms with van der Waals surface area (Å²) in [6.07, 6.45) is -0.161. The molecular formula is C13H19NO2. The van der Waals surface area contributed by atoms with Gasteiger partial charge in [0.1, 0.15) is 0 Å². The van der Waals surface area contributed by atoms with Gasteiger partial charge in [-0.1, -0.05) is 12.1 Å². The van der Waals surface area contributed by atoms with Gasteiger partial charge >= 0.3 is 0 Å². The van der Waals surface area contributed by atoms with E-state index in [1.54, 1.807) is 0 Å². The van der Waals surface area contributed by atoms with Gasteiger partial charge in [0.15, 0.2) is 6.29 Å². The first kappa shape index (κ1) is 11.4. The molecule has 1 aliphatic rings. The molecule has 88 valence electrons. The van der Waals surface area contributed by atoms with E-state index in [9.17, 15) is 0 Å². The second kappa shape index (κ2) is 5.32. The van der Waals surface area contributed by atoms with Crippen LogP contribution in [0.4, 0.5) is 5.69 Å². The summed E-state index contributed by atoms with van der Waals surface area (Å²) in [6.45, 7) is 7.80. The SMILES string of the molecule is CCN(CC)c1ccc(C2OCCO2)cc1. The number of benzene rings is 1. The number of nitrogens with zero attached hydrogens (tertiary/aromatic N) is 1. The Kier molecular flexibility index (Phi) is 3.80. The fourth-order valence-corrected chi connectivity index (χ4v) is 1.98. The Labute approximate surface area is 97.0 Å². The molecule has 0 aromatic heterocycles. The van der Waals surface area contributed by atoms with Gasteiger partial charge in [0.2, 0.25) is 0 Å². The first-order valence-electron chi connectivity index (χ1n) is 5.93. The van der Waals surface area contributed by atoms with Crippen molar-refractivity contribution < 1.29 is 9.47 Å². The number of ether oxygens (including phenoxy) is 2. The van der Waals surface area contributed by atoms with Crippen LogP contribution in [-0.2, 0) is 9.47 Å². The number of hydrogen-bond acceptors (Lipinski definition) is 3. The van der Waals surface area contributed by atoms with Gasteiger partial charge in [-0.2, -0.15) is 0 Å². The molecule has 2 rings (SSSR count). The lowest BCUT2D eigenvalue weighted by molar-refractivity contribution is -0.0441. The molecule has 3 heteroatoms. The monoisotopic (exact) mass is 221 g/mol. The van der Waals surface area contributed by atoms with Crippen LogP contribution in [0.5, 0.6) is 0 Å². The van der Waals surface area contributed by atoms with E-state index >= 15 is 0 Å². The van der Waals surface area contributed by atoms with E-state index in [0.717, 1.165) is 18.7 Å². The first-order valence-corrected chi connectivity index (χ1v) is 5.93. The Hall–Kier alpha value is -1.06. The molecule has 0 amide bonds. The van der Waals surface area contributed by atoms with Gasteiger partial charge < -0.3 is 14.4 Å². The Morgan fingerprint density at radius 1 is 1.06 bits per heavy atom. The molecule has 1 aliphatic heterocycles. The van der Waals surface area contributed by atoms with Crippen molar-refractivity contribution in [3.63, 3.8) is 0 Å². The summed E-state index contributed by atoms with van der Waals surface area (Å²) in [5, 5.41) is 0. The summed E-state index contributed by atoms with van der Waals surface area (Å²) < 4.78 is 10.9. The standard InChI is InChI=1S/C13H19NO2/c1-3-14(4-2)12-7-5-11(6-8-12)13-15-9-10-16-13/h5-8,13H,3-4,9-10H2,1-2H3. The van der Waals surface area contributed by atoms with E-state index in [2.05, 4.69) is 43.0 Å².